The third-order valence-corrected chi connectivity index (χ3v) is 4.79. The number of oxazole rings is 1. The van der Waals surface area contributed by atoms with Crippen molar-refractivity contribution in [3.63, 3.8) is 0 Å². The number of fused-ring (bicyclic) bond motifs is 2. The summed E-state index contributed by atoms with van der Waals surface area (Å²) in [5, 5.41) is 0.688. The number of rotatable bonds is 5. The van der Waals surface area contributed by atoms with Gasteiger partial charge in [-0.1, -0.05) is 28.1 Å². The van der Waals surface area contributed by atoms with E-state index in [2.05, 4.69) is 15.9 Å². The number of halogens is 1. The largest absolute Gasteiger partial charge is 0.461 e. The lowest BCUT2D eigenvalue weighted by Gasteiger charge is -2.08. The molecule has 0 fully saturated rings. The average Bonchev–Trinajstić information content (AvgIpc) is 2.99. The summed E-state index contributed by atoms with van der Waals surface area (Å²) >= 11 is 3.32. The van der Waals surface area contributed by atoms with Crippen LogP contribution < -0.4 is 11.4 Å². The second-order valence-electron chi connectivity index (χ2n) is 6.13. The summed E-state index contributed by atoms with van der Waals surface area (Å²) in [5.74, 6) is -1.01. The summed E-state index contributed by atoms with van der Waals surface area (Å²) in [6.45, 7) is 0.0723. The highest BCUT2D eigenvalue weighted by Gasteiger charge is 2.13. The molecule has 0 N–H and O–H groups in total. The Balaban J connectivity index is 1.46. The molecule has 0 saturated heterocycles. The third-order valence-electron chi connectivity index (χ3n) is 4.29. The van der Waals surface area contributed by atoms with Gasteiger partial charge in [0.1, 0.15) is 12.2 Å². The Labute approximate surface area is 166 Å². The van der Waals surface area contributed by atoms with E-state index in [0.717, 1.165) is 4.47 Å². The van der Waals surface area contributed by atoms with Crippen LogP contribution in [0.5, 0.6) is 0 Å². The first-order valence-corrected chi connectivity index (χ1v) is 9.27. The fraction of sp³-hybridized carbons (Fsp3) is 0.150. The Morgan fingerprint density at radius 2 is 1.86 bits per heavy atom. The van der Waals surface area contributed by atoms with E-state index in [9.17, 15) is 14.4 Å². The van der Waals surface area contributed by atoms with Gasteiger partial charge in [0.05, 0.1) is 11.9 Å². The van der Waals surface area contributed by atoms with E-state index in [4.69, 9.17) is 13.6 Å². The number of nitrogens with zero attached hydrogens (tertiary/aromatic N) is 1. The fourth-order valence-electron chi connectivity index (χ4n) is 2.98. The zero-order valence-electron chi connectivity index (χ0n) is 14.5. The molecular weight excluding hydrogens is 430 g/mol. The number of aromatic nitrogens is 1. The van der Waals surface area contributed by atoms with Crippen molar-refractivity contribution in [2.75, 3.05) is 0 Å². The average molecular weight is 444 g/mol. The number of hydrogen-bond acceptors (Lipinski definition) is 6. The van der Waals surface area contributed by atoms with Crippen LogP contribution >= 0.6 is 15.9 Å². The summed E-state index contributed by atoms with van der Waals surface area (Å²) in [4.78, 5) is 35.8. The van der Waals surface area contributed by atoms with Gasteiger partial charge in [0.15, 0.2) is 5.58 Å². The molecule has 142 valence electrons. The molecule has 4 aromatic rings. The van der Waals surface area contributed by atoms with Crippen molar-refractivity contribution >= 4 is 44.0 Å². The van der Waals surface area contributed by atoms with Crippen molar-refractivity contribution in [2.24, 2.45) is 0 Å². The van der Waals surface area contributed by atoms with E-state index in [1.165, 1.54) is 10.6 Å². The van der Waals surface area contributed by atoms with Crippen LogP contribution in [0.25, 0.3) is 22.1 Å². The molecule has 0 aliphatic rings. The number of para-hydroxylation sites is 2. The lowest BCUT2D eigenvalue weighted by molar-refractivity contribution is -0.145. The van der Waals surface area contributed by atoms with Crippen LogP contribution in [0.3, 0.4) is 0 Å². The van der Waals surface area contributed by atoms with Crippen LogP contribution in [-0.4, -0.2) is 10.5 Å². The summed E-state index contributed by atoms with van der Waals surface area (Å²) in [6.07, 6.45) is -0.00560. The molecule has 0 radical (unpaired) electrons. The lowest BCUT2D eigenvalue weighted by Crippen LogP contribution is -2.17. The van der Waals surface area contributed by atoms with Crippen LogP contribution in [0.2, 0.25) is 0 Å². The number of carbonyl (C=O) groups excluding carboxylic acids is 1. The summed E-state index contributed by atoms with van der Waals surface area (Å²) in [6, 6.07) is 13.6. The molecule has 2 heterocycles. The predicted octanol–water partition coefficient (Wildman–Crippen LogP) is 3.60. The first-order valence-electron chi connectivity index (χ1n) is 8.47. The van der Waals surface area contributed by atoms with Gasteiger partial charge in [-0.3, -0.25) is 9.36 Å². The Morgan fingerprint density at radius 1 is 1.04 bits per heavy atom. The molecule has 0 aliphatic heterocycles. The van der Waals surface area contributed by atoms with E-state index >= 15 is 0 Å². The molecule has 8 heteroatoms. The van der Waals surface area contributed by atoms with Crippen LogP contribution in [0, 0.1) is 0 Å². The van der Waals surface area contributed by atoms with Gasteiger partial charge in [0.25, 0.3) is 0 Å². The predicted molar refractivity (Wildman–Crippen MR) is 105 cm³/mol. The van der Waals surface area contributed by atoms with E-state index in [1.54, 1.807) is 36.4 Å². The van der Waals surface area contributed by atoms with Crippen LogP contribution in [0.4, 0.5) is 0 Å². The zero-order valence-corrected chi connectivity index (χ0v) is 16.1. The topological polar surface area (TPSA) is 91.6 Å². The number of hydrogen-bond donors (Lipinski definition) is 0. The van der Waals surface area contributed by atoms with Crippen LogP contribution in [0.1, 0.15) is 12.0 Å². The highest BCUT2D eigenvalue weighted by Crippen LogP contribution is 2.22. The first kappa shape index (κ1) is 18.2. The minimum Gasteiger partial charge on any atom is -0.461 e. The standard InChI is InChI=1S/C20H14BrNO6/c21-13-5-6-14-12(9-19(24)27-17(14)10-13)11-26-18(23)7-8-22-15-3-1-2-4-16(15)28-20(22)25/h1-6,9-10H,7-8,11H2. The van der Waals surface area contributed by atoms with E-state index in [1.807, 2.05) is 6.07 Å². The molecule has 0 atom stereocenters. The smallest absolute Gasteiger partial charge is 0.419 e. The fourth-order valence-corrected chi connectivity index (χ4v) is 3.32. The molecule has 2 aromatic heterocycles. The van der Waals surface area contributed by atoms with Crippen molar-refractivity contribution in [2.45, 2.75) is 19.6 Å². The molecule has 7 nitrogen and oxygen atoms in total. The molecule has 0 spiro atoms. The number of aryl methyl sites for hydroxylation is 1. The molecular formula is C20H14BrNO6. The molecule has 28 heavy (non-hydrogen) atoms. The second-order valence-corrected chi connectivity index (χ2v) is 7.04. The minimum absolute atomic E-state index is 0.00560. The van der Waals surface area contributed by atoms with Gasteiger partial charge >= 0.3 is 17.4 Å². The monoisotopic (exact) mass is 443 g/mol. The van der Waals surface area contributed by atoms with Crippen LogP contribution in [-0.2, 0) is 22.7 Å². The molecule has 2 aromatic carbocycles. The van der Waals surface area contributed by atoms with Crippen molar-refractivity contribution in [1.29, 1.82) is 0 Å². The maximum absolute atomic E-state index is 12.2. The first-order chi connectivity index (χ1) is 13.5. The summed E-state index contributed by atoms with van der Waals surface area (Å²) < 4.78 is 17.8. The highest BCUT2D eigenvalue weighted by molar-refractivity contribution is 9.10. The number of ether oxygens (including phenoxy) is 1. The van der Waals surface area contributed by atoms with Gasteiger partial charge in [-0.2, -0.15) is 0 Å². The van der Waals surface area contributed by atoms with E-state index in [0.29, 0.717) is 27.6 Å². The summed E-state index contributed by atoms with van der Waals surface area (Å²) in [5.41, 5.74) is 1.53. The number of carbonyl (C=O) groups is 1. The lowest BCUT2D eigenvalue weighted by atomic mass is 10.1. The molecule has 0 amide bonds. The maximum atomic E-state index is 12.2. The van der Waals surface area contributed by atoms with Gasteiger partial charge in [0.2, 0.25) is 0 Å². The van der Waals surface area contributed by atoms with Gasteiger partial charge in [-0.05, 0) is 30.3 Å². The Hall–Kier alpha value is -3.13. The Bertz CT molecular complexity index is 1300. The van der Waals surface area contributed by atoms with Crippen molar-refractivity contribution in [3.05, 3.63) is 79.5 Å². The number of esters is 1. The third kappa shape index (κ3) is 3.63. The second kappa shape index (κ2) is 7.47. The van der Waals surface area contributed by atoms with Gasteiger partial charge in [0, 0.05) is 28.0 Å². The Morgan fingerprint density at radius 3 is 2.71 bits per heavy atom. The highest BCUT2D eigenvalue weighted by atomic mass is 79.9. The molecule has 0 bridgehead atoms. The van der Waals surface area contributed by atoms with Crippen molar-refractivity contribution < 1.29 is 18.4 Å². The van der Waals surface area contributed by atoms with Crippen molar-refractivity contribution in [1.82, 2.24) is 4.57 Å². The van der Waals surface area contributed by atoms with Crippen LogP contribution in [0.15, 0.2) is 71.4 Å². The van der Waals surface area contributed by atoms with Crippen molar-refractivity contribution in [3.8, 4) is 0 Å². The van der Waals surface area contributed by atoms with E-state index in [-0.39, 0.29) is 19.6 Å². The van der Waals surface area contributed by atoms with Gasteiger partial charge in [-0.15, -0.1) is 0 Å². The van der Waals surface area contributed by atoms with E-state index < -0.39 is 17.4 Å². The SMILES string of the molecule is O=C(CCn1c(=O)oc2ccccc21)OCc1cc(=O)oc2cc(Br)ccc12. The minimum atomic E-state index is -0.522. The molecule has 0 saturated carbocycles. The van der Waals surface area contributed by atoms with Gasteiger partial charge in [-0.25, -0.2) is 9.59 Å². The number of benzene rings is 2. The molecule has 0 aliphatic carbocycles. The molecule has 0 unspecified atom stereocenters. The molecule has 4 rings (SSSR count). The summed E-state index contributed by atoms with van der Waals surface area (Å²) in [7, 11) is 0. The maximum Gasteiger partial charge on any atom is 0.419 e. The zero-order chi connectivity index (χ0) is 19.7. The Kier molecular flexibility index (Phi) is 4.87. The quantitative estimate of drug-likeness (QED) is 0.345. The normalized spacial score (nSPS) is 11.2. The van der Waals surface area contributed by atoms with Gasteiger partial charge < -0.3 is 13.6 Å².